The second-order valence-electron chi connectivity index (χ2n) is 6.39. The third kappa shape index (κ3) is 3.55. The Kier molecular flexibility index (Phi) is 4.63. The third-order valence-electron chi connectivity index (χ3n) is 4.49. The number of aromatic nitrogens is 1. The van der Waals surface area contributed by atoms with Crippen molar-refractivity contribution in [3.05, 3.63) is 53.0 Å². The fourth-order valence-electron chi connectivity index (χ4n) is 3.07. The van der Waals surface area contributed by atoms with E-state index >= 15 is 0 Å². The van der Waals surface area contributed by atoms with Gasteiger partial charge in [0.05, 0.1) is 27.0 Å². The maximum atomic E-state index is 13.2. The largest absolute Gasteiger partial charge is 0.416 e. The zero-order valence-corrected chi connectivity index (χ0v) is 15.9. The van der Waals surface area contributed by atoms with Crippen molar-refractivity contribution in [3.63, 3.8) is 0 Å². The lowest BCUT2D eigenvalue weighted by Gasteiger charge is -2.23. The minimum atomic E-state index is -4.45. The highest BCUT2D eigenvalue weighted by Gasteiger charge is 2.33. The van der Waals surface area contributed by atoms with Gasteiger partial charge in [0.15, 0.2) is 0 Å². The highest BCUT2D eigenvalue weighted by Crippen LogP contribution is 2.41. The molecule has 3 aromatic rings. The van der Waals surface area contributed by atoms with Crippen LogP contribution in [0.25, 0.3) is 10.2 Å². The highest BCUT2D eigenvalue weighted by molar-refractivity contribution is 8.00. The molecule has 4 rings (SSSR count). The van der Waals surface area contributed by atoms with E-state index in [1.54, 1.807) is 23.7 Å². The molecule has 3 nitrogen and oxygen atoms in total. The summed E-state index contributed by atoms with van der Waals surface area (Å²) in [5.41, 5.74) is 2.54. The van der Waals surface area contributed by atoms with Crippen LogP contribution in [0.4, 0.5) is 18.9 Å². The van der Waals surface area contributed by atoms with Gasteiger partial charge in [0, 0.05) is 22.3 Å². The Morgan fingerprint density at radius 1 is 1.22 bits per heavy atom. The minimum Gasteiger partial charge on any atom is -0.307 e. The first-order valence-electron chi connectivity index (χ1n) is 8.36. The molecule has 0 radical (unpaired) electrons. The van der Waals surface area contributed by atoms with E-state index in [9.17, 15) is 18.0 Å². The number of rotatable bonds is 1. The van der Waals surface area contributed by atoms with Crippen LogP contribution >= 0.6 is 23.1 Å². The predicted molar refractivity (Wildman–Crippen MR) is 103 cm³/mol. The zero-order chi connectivity index (χ0) is 19.2. The Bertz CT molecular complexity index is 1020. The van der Waals surface area contributed by atoms with Crippen LogP contribution in [0, 0.1) is 0 Å². The van der Waals surface area contributed by atoms with Crippen LogP contribution in [0.3, 0.4) is 0 Å². The van der Waals surface area contributed by atoms with Crippen molar-refractivity contribution in [3.8, 4) is 0 Å². The van der Waals surface area contributed by atoms with Gasteiger partial charge in [-0.3, -0.25) is 4.79 Å². The van der Waals surface area contributed by atoms with Crippen LogP contribution in [0.15, 0.2) is 46.8 Å². The quantitative estimate of drug-likeness (QED) is 0.507. The van der Waals surface area contributed by atoms with Gasteiger partial charge in [-0.15, -0.1) is 23.1 Å². The van der Waals surface area contributed by atoms with Gasteiger partial charge in [-0.25, -0.2) is 4.98 Å². The highest BCUT2D eigenvalue weighted by atomic mass is 32.2. The number of fused-ring (bicyclic) bond motifs is 2. The Morgan fingerprint density at radius 3 is 2.81 bits per heavy atom. The second kappa shape index (κ2) is 6.83. The molecule has 1 aliphatic rings. The van der Waals surface area contributed by atoms with Crippen molar-refractivity contribution in [1.29, 1.82) is 0 Å². The summed E-state index contributed by atoms with van der Waals surface area (Å²) >= 11 is 2.93. The van der Waals surface area contributed by atoms with Gasteiger partial charge in [-0.1, -0.05) is 6.92 Å². The lowest BCUT2D eigenvalue weighted by atomic mass is 10.1. The molecule has 1 unspecified atom stereocenters. The van der Waals surface area contributed by atoms with E-state index in [0.717, 1.165) is 22.3 Å². The number of halogens is 3. The number of hydrogen-bond donors (Lipinski definition) is 0. The maximum Gasteiger partial charge on any atom is 0.416 e. The SMILES string of the molecule is CC1CCN(C(=O)c2ccc3ncsc3c2)c2cc(C(F)(F)F)ccc2S1. The summed E-state index contributed by atoms with van der Waals surface area (Å²) in [4.78, 5) is 19.5. The topological polar surface area (TPSA) is 33.2 Å². The standard InChI is InChI=1S/C19H15F3N2OS2/c1-11-6-7-24(15-9-13(19(20,21)22)3-5-16(15)27-11)18(25)12-2-4-14-17(8-12)26-10-23-14/h2-5,8-11H,6-7H2,1H3. The second-order valence-corrected chi connectivity index (χ2v) is 8.76. The summed E-state index contributed by atoms with van der Waals surface area (Å²) in [5.74, 6) is -0.291. The summed E-state index contributed by atoms with van der Waals surface area (Å²) in [5, 5.41) is 0.210. The van der Waals surface area contributed by atoms with Crippen molar-refractivity contribution in [2.45, 2.75) is 29.7 Å². The third-order valence-corrected chi connectivity index (χ3v) is 6.52. The van der Waals surface area contributed by atoms with Crippen molar-refractivity contribution < 1.29 is 18.0 Å². The first kappa shape index (κ1) is 18.3. The Morgan fingerprint density at radius 2 is 2.04 bits per heavy atom. The van der Waals surface area contributed by atoms with Crippen molar-refractivity contribution in [2.75, 3.05) is 11.4 Å². The van der Waals surface area contributed by atoms with Crippen LogP contribution < -0.4 is 4.90 Å². The molecule has 0 saturated carbocycles. The van der Waals surface area contributed by atoms with Gasteiger partial charge in [-0.05, 0) is 42.8 Å². The molecule has 0 N–H and O–H groups in total. The molecule has 0 fully saturated rings. The molecule has 1 aromatic heterocycles. The van der Waals surface area contributed by atoms with Crippen molar-refractivity contribution >= 4 is 44.9 Å². The van der Waals surface area contributed by atoms with Gasteiger partial charge in [0.25, 0.3) is 5.91 Å². The Balaban J connectivity index is 1.78. The fourth-order valence-corrected chi connectivity index (χ4v) is 4.88. The molecule has 1 atom stereocenters. The van der Waals surface area contributed by atoms with Crippen LogP contribution in [0.1, 0.15) is 29.3 Å². The van der Waals surface area contributed by atoms with Crippen LogP contribution in [0.2, 0.25) is 0 Å². The lowest BCUT2D eigenvalue weighted by molar-refractivity contribution is -0.137. The van der Waals surface area contributed by atoms with E-state index < -0.39 is 11.7 Å². The zero-order valence-electron chi connectivity index (χ0n) is 14.3. The summed E-state index contributed by atoms with van der Waals surface area (Å²) in [6, 6.07) is 8.83. The van der Waals surface area contributed by atoms with E-state index in [0.29, 0.717) is 29.1 Å². The van der Waals surface area contributed by atoms with E-state index in [4.69, 9.17) is 0 Å². The smallest absolute Gasteiger partial charge is 0.307 e. The van der Waals surface area contributed by atoms with Crippen LogP contribution in [-0.2, 0) is 6.18 Å². The lowest BCUT2D eigenvalue weighted by Crippen LogP contribution is -2.32. The average Bonchev–Trinajstić information content (AvgIpc) is 3.02. The average molecular weight is 408 g/mol. The van der Waals surface area contributed by atoms with Gasteiger partial charge in [-0.2, -0.15) is 13.2 Å². The maximum absolute atomic E-state index is 13.2. The molecule has 0 saturated heterocycles. The number of benzene rings is 2. The number of carbonyl (C=O) groups is 1. The number of thioether (sulfide) groups is 1. The number of hydrogen-bond acceptors (Lipinski definition) is 4. The van der Waals surface area contributed by atoms with E-state index in [2.05, 4.69) is 4.98 Å². The summed E-state index contributed by atoms with van der Waals surface area (Å²) < 4.78 is 40.5. The number of alkyl halides is 3. The molecular formula is C19H15F3N2OS2. The van der Waals surface area contributed by atoms with Gasteiger partial charge < -0.3 is 4.90 Å². The van der Waals surface area contributed by atoms with Crippen LogP contribution in [-0.4, -0.2) is 22.7 Å². The molecule has 0 spiro atoms. The first-order valence-corrected chi connectivity index (χ1v) is 10.1. The molecule has 1 aliphatic heterocycles. The number of amides is 1. The molecule has 0 bridgehead atoms. The summed E-state index contributed by atoms with van der Waals surface area (Å²) in [7, 11) is 0. The monoisotopic (exact) mass is 408 g/mol. The molecular weight excluding hydrogens is 393 g/mol. The van der Waals surface area contributed by atoms with E-state index in [1.807, 2.05) is 6.92 Å². The molecule has 27 heavy (non-hydrogen) atoms. The molecule has 2 aromatic carbocycles. The molecule has 140 valence electrons. The van der Waals surface area contributed by atoms with Gasteiger partial charge in [0.2, 0.25) is 0 Å². The van der Waals surface area contributed by atoms with E-state index in [1.165, 1.54) is 34.1 Å². The number of anilines is 1. The normalized spacial score (nSPS) is 17.6. The summed E-state index contributed by atoms with van der Waals surface area (Å²) in [6.07, 6.45) is -3.75. The fraction of sp³-hybridized carbons (Fsp3) is 0.263. The number of thiazole rings is 1. The van der Waals surface area contributed by atoms with Crippen molar-refractivity contribution in [2.24, 2.45) is 0 Å². The van der Waals surface area contributed by atoms with Gasteiger partial charge >= 0.3 is 6.18 Å². The number of carbonyl (C=O) groups excluding carboxylic acids is 1. The Hall–Kier alpha value is -2.06. The number of nitrogens with zero attached hydrogens (tertiary/aromatic N) is 2. The Labute approximate surface area is 162 Å². The van der Waals surface area contributed by atoms with Crippen LogP contribution in [0.5, 0.6) is 0 Å². The predicted octanol–water partition coefficient (Wildman–Crippen LogP) is 5.85. The molecule has 1 amide bonds. The summed E-state index contributed by atoms with van der Waals surface area (Å²) in [6.45, 7) is 2.39. The minimum absolute atomic E-state index is 0.210. The molecule has 0 aliphatic carbocycles. The molecule has 8 heteroatoms. The first-order chi connectivity index (χ1) is 12.8. The van der Waals surface area contributed by atoms with Crippen molar-refractivity contribution in [1.82, 2.24) is 4.98 Å². The van der Waals surface area contributed by atoms with E-state index in [-0.39, 0.29) is 11.2 Å². The van der Waals surface area contributed by atoms with Gasteiger partial charge in [0.1, 0.15) is 0 Å². The molecule has 2 heterocycles.